The van der Waals surface area contributed by atoms with Crippen molar-refractivity contribution in [1.82, 2.24) is 9.47 Å². The number of nitrogens with zero attached hydrogens (tertiary/aromatic N) is 2. The predicted octanol–water partition coefficient (Wildman–Crippen LogP) is 0.471. The number of aliphatic hydroxyl groups is 1. The van der Waals surface area contributed by atoms with E-state index >= 15 is 0 Å². The summed E-state index contributed by atoms with van der Waals surface area (Å²) in [5.74, 6) is 0.160. The predicted molar refractivity (Wildman–Crippen MR) is 56.3 cm³/mol. The maximum absolute atomic E-state index is 11.5. The second-order valence-electron chi connectivity index (χ2n) is 3.98. The third-order valence-electron chi connectivity index (χ3n) is 2.69. The molecule has 2 rings (SSSR count). The van der Waals surface area contributed by atoms with Crippen LogP contribution >= 0.6 is 0 Å². The Bertz CT molecular complexity index is 315. The Hall–Kier alpha value is -1.29. The highest BCUT2D eigenvalue weighted by Crippen LogP contribution is 2.10. The van der Waals surface area contributed by atoms with Gasteiger partial charge >= 0.3 is 0 Å². The van der Waals surface area contributed by atoms with Crippen molar-refractivity contribution < 1.29 is 9.90 Å². The van der Waals surface area contributed by atoms with Crippen LogP contribution in [0.3, 0.4) is 0 Å². The molecule has 0 bridgehead atoms. The summed E-state index contributed by atoms with van der Waals surface area (Å²) in [6.07, 6.45) is 5.14. The third-order valence-corrected chi connectivity index (χ3v) is 2.69. The van der Waals surface area contributed by atoms with Gasteiger partial charge in [-0.25, -0.2) is 0 Å². The van der Waals surface area contributed by atoms with Crippen molar-refractivity contribution in [2.24, 2.45) is 0 Å². The van der Waals surface area contributed by atoms with E-state index in [-0.39, 0.29) is 12.0 Å². The molecule has 1 aromatic heterocycles. The maximum Gasteiger partial charge on any atom is 0.222 e. The molecule has 1 fully saturated rings. The summed E-state index contributed by atoms with van der Waals surface area (Å²) in [6.45, 7) is 1.92. The highest BCUT2D eigenvalue weighted by Gasteiger charge is 2.27. The molecule has 0 saturated carbocycles. The SMILES string of the molecule is O=C(CCCn1cccc1)N1CC(O)C1. The fourth-order valence-electron chi connectivity index (χ4n) is 1.75. The fraction of sp³-hybridized carbons (Fsp3) is 0.545. The Morgan fingerprint density at radius 3 is 2.60 bits per heavy atom. The van der Waals surface area contributed by atoms with Crippen molar-refractivity contribution in [2.75, 3.05) is 13.1 Å². The van der Waals surface area contributed by atoms with E-state index in [1.165, 1.54) is 0 Å². The van der Waals surface area contributed by atoms with Crippen molar-refractivity contribution in [1.29, 1.82) is 0 Å². The second kappa shape index (κ2) is 4.49. The first-order valence-electron chi connectivity index (χ1n) is 5.32. The molecule has 0 aromatic carbocycles. The van der Waals surface area contributed by atoms with Crippen molar-refractivity contribution in [3.63, 3.8) is 0 Å². The monoisotopic (exact) mass is 208 g/mol. The smallest absolute Gasteiger partial charge is 0.222 e. The van der Waals surface area contributed by atoms with Gasteiger partial charge < -0.3 is 14.6 Å². The number of aliphatic hydroxyl groups excluding tert-OH is 1. The average Bonchev–Trinajstić information content (AvgIpc) is 2.65. The molecule has 1 amide bonds. The van der Waals surface area contributed by atoms with Gasteiger partial charge in [-0.15, -0.1) is 0 Å². The Balaban J connectivity index is 1.64. The Morgan fingerprint density at radius 1 is 1.33 bits per heavy atom. The molecule has 0 atom stereocenters. The molecule has 0 radical (unpaired) electrons. The molecule has 1 aliphatic rings. The van der Waals surface area contributed by atoms with Crippen LogP contribution in [0.2, 0.25) is 0 Å². The van der Waals surface area contributed by atoms with Crippen LogP contribution in [0, 0.1) is 0 Å². The molecular weight excluding hydrogens is 192 g/mol. The van der Waals surface area contributed by atoms with E-state index in [2.05, 4.69) is 4.57 Å². The van der Waals surface area contributed by atoms with Crippen LogP contribution in [0.5, 0.6) is 0 Å². The fourth-order valence-corrected chi connectivity index (χ4v) is 1.75. The molecule has 1 N–H and O–H groups in total. The normalized spacial score (nSPS) is 16.5. The van der Waals surface area contributed by atoms with E-state index in [1.807, 2.05) is 24.5 Å². The van der Waals surface area contributed by atoms with Crippen LogP contribution in [0.15, 0.2) is 24.5 Å². The minimum Gasteiger partial charge on any atom is -0.389 e. The number of aromatic nitrogens is 1. The molecule has 4 nitrogen and oxygen atoms in total. The van der Waals surface area contributed by atoms with Crippen molar-refractivity contribution in [2.45, 2.75) is 25.5 Å². The largest absolute Gasteiger partial charge is 0.389 e. The number of amides is 1. The zero-order chi connectivity index (χ0) is 10.7. The summed E-state index contributed by atoms with van der Waals surface area (Å²) < 4.78 is 2.07. The zero-order valence-electron chi connectivity index (χ0n) is 8.67. The quantitative estimate of drug-likeness (QED) is 0.782. The average molecular weight is 208 g/mol. The van der Waals surface area contributed by atoms with Gasteiger partial charge in [-0.05, 0) is 18.6 Å². The van der Waals surface area contributed by atoms with Gasteiger partial charge in [-0.3, -0.25) is 4.79 Å². The number of carbonyl (C=O) groups is 1. The van der Waals surface area contributed by atoms with Crippen LogP contribution in [0.1, 0.15) is 12.8 Å². The number of likely N-dealkylation sites (tertiary alicyclic amines) is 1. The number of hydrogen-bond acceptors (Lipinski definition) is 2. The second-order valence-corrected chi connectivity index (χ2v) is 3.98. The lowest BCUT2D eigenvalue weighted by Gasteiger charge is -2.35. The summed E-state index contributed by atoms with van der Waals surface area (Å²) in [4.78, 5) is 13.2. The molecule has 4 heteroatoms. The van der Waals surface area contributed by atoms with Crippen LogP contribution in [-0.4, -0.2) is 39.7 Å². The van der Waals surface area contributed by atoms with Gasteiger partial charge in [0.15, 0.2) is 0 Å². The lowest BCUT2D eigenvalue weighted by atomic mass is 10.1. The highest BCUT2D eigenvalue weighted by molar-refractivity contribution is 5.77. The molecule has 0 spiro atoms. The first kappa shape index (κ1) is 10.2. The van der Waals surface area contributed by atoms with Gasteiger partial charge in [0.25, 0.3) is 0 Å². The standard InChI is InChI=1S/C11H16N2O2/c14-10-8-13(9-10)11(15)4-3-7-12-5-1-2-6-12/h1-2,5-6,10,14H,3-4,7-9H2. The summed E-state index contributed by atoms with van der Waals surface area (Å²) in [5.41, 5.74) is 0. The van der Waals surface area contributed by atoms with Crippen LogP contribution in [0.4, 0.5) is 0 Å². The first-order valence-corrected chi connectivity index (χ1v) is 5.32. The molecule has 82 valence electrons. The van der Waals surface area contributed by atoms with Crippen LogP contribution < -0.4 is 0 Å². The highest BCUT2D eigenvalue weighted by atomic mass is 16.3. The van der Waals surface area contributed by atoms with Gasteiger partial charge in [-0.1, -0.05) is 0 Å². The Labute approximate surface area is 89.1 Å². The number of carbonyl (C=O) groups excluding carboxylic acids is 1. The van der Waals surface area contributed by atoms with E-state index < -0.39 is 0 Å². The molecule has 1 aliphatic heterocycles. The van der Waals surface area contributed by atoms with Gasteiger partial charge in [-0.2, -0.15) is 0 Å². The number of hydrogen-bond donors (Lipinski definition) is 1. The third kappa shape index (κ3) is 2.59. The van der Waals surface area contributed by atoms with Gasteiger partial charge in [0.1, 0.15) is 0 Å². The molecular formula is C11H16N2O2. The number of rotatable bonds is 4. The van der Waals surface area contributed by atoms with E-state index in [9.17, 15) is 4.79 Å². The van der Waals surface area contributed by atoms with Crippen molar-refractivity contribution in [3.8, 4) is 0 Å². The van der Waals surface area contributed by atoms with Crippen molar-refractivity contribution in [3.05, 3.63) is 24.5 Å². The number of aryl methyl sites for hydroxylation is 1. The lowest BCUT2D eigenvalue weighted by Crippen LogP contribution is -2.53. The van der Waals surface area contributed by atoms with Gasteiger partial charge in [0, 0.05) is 38.4 Å². The zero-order valence-corrected chi connectivity index (χ0v) is 8.67. The van der Waals surface area contributed by atoms with E-state index in [0.29, 0.717) is 19.5 Å². The van der Waals surface area contributed by atoms with E-state index in [0.717, 1.165) is 13.0 Å². The molecule has 1 aromatic rings. The first-order chi connectivity index (χ1) is 7.25. The molecule has 2 heterocycles. The summed E-state index contributed by atoms with van der Waals surface area (Å²) in [5, 5.41) is 9.04. The molecule has 15 heavy (non-hydrogen) atoms. The van der Waals surface area contributed by atoms with E-state index in [4.69, 9.17) is 5.11 Å². The molecule has 1 saturated heterocycles. The summed E-state index contributed by atoms with van der Waals surface area (Å²) >= 11 is 0. The minimum absolute atomic E-state index is 0.160. The van der Waals surface area contributed by atoms with E-state index in [1.54, 1.807) is 4.90 Å². The van der Waals surface area contributed by atoms with Gasteiger partial charge in [0.05, 0.1) is 6.10 Å². The van der Waals surface area contributed by atoms with Crippen LogP contribution in [0.25, 0.3) is 0 Å². The summed E-state index contributed by atoms with van der Waals surface area (Å²) in [7, 11) is 0. The Morgan fingerprint density at radius 2 is 2.00 bits per heavy atom. The van der Waals surface area contributed by atoms with Crippen molar-refractivity contribution >= 4 is 5.91 Å². The summed E-state index contributed by atoms with van der Waals surface area (Å²) in [6, 6.07) is 3.96. The molecule has 0 unspecified atom stereocenters. The minimum atomic E-state index is -0.293. The van der Waals surface area contributed by atoms with Crippen LogP contribution in [-0.2, 0) is 11.3 Å². The molecule has 0 aliphatic carbocycles. The maximum atomic E-state index is 11.5. The topological polar surface area (TPSA) is 45.5 Å². The number of β-amino-alcohol motifs (C(OH)–C–C–N with tert-alkyl or cyclic N) is 1. The van der Waals surface area contributed by atoms with Gasteiger partial charge in [0.2, 0.25) is 5.91 Å². The lowest BCUT2D eigenvalue weighted by molar-refractivity contribution is -0.141. The Kier molecular flexibility index (Phi) is 3.06.